The van der Waals surface area contributed by atoms with Crippen LogP contribution in [0.2, 0.25) is 0 Å². The Morgan fingerprint density at radius 2 is 2.11 bits per heavy atom. The predicted octanol–water partition coefficient (Wildman–Crippen LogP) is 1.62. The van der Waals surface area contributed by atoms with Crippen molar-refractivity contribution in [2.75, 3.05) is 19.8 Å². The van der Waals surface area contributed by atoms with Crippen molar-refractivity contribution in [2.45, 2.75) is 26.0 Å². The average molecular weight is 257 g/mol. The van der Waals surface area contributed by atoms with Crippen LogP contribution in [-0.4, -0.2) is 31.0 Å². The summed E-state index contributed by atoms with van der Waals surface area (Å²) in [5, 5.41) is 9.57. The molecule has 0 spiro atoms. The van der Waals surface area contributed by atoms with E-state index in [0.717, 1.165) is 0 Å². The first-order valence-electron chi connectivity index (χ1n) is 5.98. The number of aliphatic hydroxyl groups excluding tert-OH is 1. The number of ether oxygens (including phenoxy) is 2. The van der Waals surface area contributed by atoms with E-state index in [1.165, 1.54) is 12.1 Å². The lowest BCUT2D eigenvalue weighted by atomic mass is 10.1. The molecule has 0 radical (unpaired) electrons. The van der Waals surface area contributed by atoms with Gasteiger partial charge in [0.05, 0.1) is 6.61 Å². The Morgan fingerprint density at radius 3 is 2.72 bits per heavy atom. The van der Waals surface area contributed by atoms with E-state index in [4.69, 9.17) is 15.2 Å². The van der Waals surface area contributed by atoms with Crippen molar-refractivity contribution >= 4 is 0 Å². The SMILES string of the molecule is CCOCC(O)COc1cc(F)ccc1[C@@H](C)N. The Bertz CT molecular complexity index is 371. The van der Waals surface area contributed by atoms with Gasteiger partial charge in [0.25, 0.3) is 0 Å². The highest BCUT2D eigenvalue weighted by atomic mass is 19.1. The molecule has 102 valence electrons. The molecule has 0 aliphatic carbocycles. The molecular formula is C13H20FNO3. The van der Waals surface area contributed by atoms with E-state index in [2.05, 4.69) is 0 Å². The molecule has 18 heavy (non-hydrogen) atoms. The van der Waals surface area contributed by atoms with Gasteiger partial charge in [-0.15, -0.1) is 0 Å². The predicted molar refractivity (Wildman–Crippen MR) is 67.0 cm³/mol. The lowest BCUT2D eigenvalue weighted by Crippen LogP contribution is -2.24. The largest absolute Gasteiger partial charge is 0.490 e. The molecule has 0 bridgehead atoms. The second kappa shape index (κ2) is 7.31. The van der Waals surface area contributed by atoms with Crippen molar-refractivity contribution in [2.24, 2.45) is 5.73 Å². The van der Waals surface area contributed by atoms with Gasteiger partial charge in [-0.2, -0.15) is 0 Å². The summed E-state index contributed by atoms with van der Waals surface area (Å²) in [6, 6.07) is 3.93. The van der Waals surface area contributed by atoms with Crippen LogP contribution in [0.5, 0.6) is 5.75 Å². The highest BCUT2D eigenvalue weighted by Gasteiger charge is 2.11. The monoisotopic (exact) mass is 257 g/mol. The number of aliphatic hydroxyl groups is 1. The van der Waals surface area contributed by atoms with Crippen LogP contribution >= 0.6 is 0 Å². The molecule has 0 aliphatic heterocycles. The van der Waals surface area contributed by atoms with E-state index in [9.17, 15) is 9.50 Å². The molecule has 0 aromatic heterocycles. The molecule has 1 unspecified atom stereocenters. The fourth-order valence-electron chi connectivity index (χ4n) is 1.50. The van der Waals surface area contributed by atoms with E-state index in [0.29, 0.717) is 17.9 Å². The Labute approximate surface area is 107 Å². The summed E-state index contributed by atoms with van der Waals surface area (Å²) in [7, 11) is 0. The molecular weight excluding hydrogens is 237 g/mol. The van der Waals surface area contributed by atoms with Crippen LogP contribution in [0.15, 0.2) is 18.2 Å². The molecule has 1 aromatic carbocycles. The summed E-state index contributed by atoms with van der Waals surface area (Å²) >= 11 is 0. The van der Waals surface area contributed by atoms with Gasteiger partial charge in [0, 0.05) is 24.3 Å². The lowest BCUT2D eigenvalue weighted by Gasteiger charge is -2.16. The van der Waals surface area contributed by atoms with Crippen molar-refractivity contribution < 1.29 is 19.0 Å². The van der Waals surface area contributed by atoms with E-state index in [1.54, 1.807) is 13.0 Å². The molecule has 0 saturated carbocycles. The number of hydrogen-bond acceptors (Lipinski definition) is 4. The van der Waals surface area contributed by atoms with Gasteiger partial charge in [0.15, 0.2) is 0 Å². The zero-order valence-corrected chi connectivity index (χ0v) is 10.7. The Morgan fingerprint density at radius 1 is 1.39 bits per heavy atom. The summed E-state index contributed by atoms with van der Waals surface area (Å²) < 4.78 is 23.6. The van der Waals surface area contributed by atoms with E-state index < -0.39 is 11.9 Å². The van der Waals surface area contributed by atoms with Crippen molar-refractivity contribution in [1.29, 1.82) is 0 Å². The summed E-state index contributed by atoms with van der Waals surface area (Å²) in [4.78, 5) is 0. The van der Waals surface area contributed by atoms with E-state index in [1.807, 2.05) is 6.92 Å². The van der Waals surface area contributed by atoms with Gasteiger partial charge in [-0.3, -0.25) is 0 Å². The van der Waals surface area contributed by atoms with Gasteiger partial charge in [-0.25, -0.2) is 4.39 Å². The lowest BCUT2D eigenvalue weighted by molar-refractivity contribution is 0.0161. The number of benzene rings is 1. The molecule has 0 heterocycles. The molecule has 3 N–H and O–H groups in total. The Hall–Kier alpha value is -1.17. The Balaban J connectivity index is 2.62. The van der Waals surface area contributed by atoms with Crippen LogP contribution < -0.4 is 10.5 Å². The minimum Gasteiger partial charge on any atom is -0.490 e. The standard InChI is InChI=1S/C13H20FNO3/c1-3-17-7-11(16)8-18-13-6-10(14)4-5-12(13)9(2)15/h4-6,9,11,16H,3,7-8,15H2,1-2H3/t9-,11?/m1/s1. The zero-order valence-electron chi connectivity index (χ0n) is 10.7. The number of nitrogens with two attached hydrogens (primary N) is 1. The van der Waals surface area contributed by atoms with Gasteiger partial charge >= 0.3 is 0 Å². The topological polar surface area (TPSA) is 64.7 Å². The fourth-order valence-corrected chi connectivity index (χ4v) is 1.50. The molecule has 0 fully saturated rings. The molecule has 0 aliphatic rings. The van der Waals surface area contributed by atoms with Crippen LogP contribution in [0.1, 0.15) is 25.5 Å². The molecule has 5 heteroatoms. The summed E-state index contributed by atoms with van der Waals surface area (Å²) in [5.41, 5.74) is 6.47. The van der Waals surface area contributed by atoms with Gasteiger partial charge < -0.3 is 20.3 Å². The maximum Gasteiger partial charge on any atom is 0.127 e. The summed E-state index contributed by atoms with van der Waals surface area (Å²) in [6.45, 7) is 4.40. The number of halogens is 1. The minimum absolute atomic E-state index is 0.0448. The van der Waals surface area contributed by atoms with Gasteiger partial charge in [-0.1, -0.05) is 6.07 Å². The van der Waals surface area contributed by atoms with Crippen LogP contribution in [0, 0.1) is 5.82 Å². The smallest absolute Gasteiger partial charge is 0.127 e. The van der Waals surface area contributed by atoms with Crippen molar-refractivity contribution in [1.82, 2.24) is 0 Å². The highest BCUT2D eigenvalue weighted by molar-refractivity contribution is 5.36. The molecule has 4 nitrogen and oxygen atoms in total. The maximum atomic E-state index is 13.1. The summed E-state index contributed by atoms with van der Waals surface area (Å²) in [5.74, 6) is -0.0331. The fraction of sp³-hybridized carbons (Fsp3) is 0.538. The first kappa shape index (κ1) is 14.9. The van der Waals surface area contributed by atoms with Gasteiger partial charge in [0.1, 0.15) is 24.3 Å². The third-order valence-electron chi connectivity index (χ3n) is 2.41. The molecule has 0 saturated heterocycles. The van der Waals surface area contributed by atoms with Crippen LogP contribution in [0.4, 0.5) is 4.39 Å². The number of rotatable bonds is 7. The first-order valence-corrected chi connectivity index (χ1v) is 5.98. The molecule has 2 atom stereocenters. The van der Waals surface area contributed by atoms with Crippen molar-refractivity contribution in [3.63, 3.8) is 0 Å². The Kier molecular flexibility index (Phi) is 6.04. The van der Waals surface area contributed by atoms with Crippen molar-refractivity contribution in [3.05, 3.63) is 29.6 Å². The number of hydrogen-bond donors (Lipinski definition) is 2. The first-order chi connectivity index (χ1) is 8.54. The zero-order chi connectivity index (χ0) is 13.5. The average Bonchev–Trinajstić information content (AvgIpc) is 2.33. The maximum absolute atomic E-state index is 13.1. The quantitative estimate of drug-likeness (QED) is 0.779. The van der Waals surface area contributed by atoms with Gasteiger partial charge in [0.2, 0.25) is 0 Å². The van der Waals surface area contributed by atoms with E-state index in [-0.39, 0.29) is 19.3 Å². The second-order valence-corrected chi connectivity index (χ2v) is 4.10. The minimum atomic E-state index is -0.742. The van der Waals surface area contributed by atoms with Crippen LogP contribution in [-0.2, 0) is 4.74 Å². The third-order valence-corrected chi connectivity index (χ3v) is 2.41. The van der Waals surface area contributed by atoms with Gasteiger partial charge in [-0.05, 0) is 19.9 Å². The van der Waals surface area contributed by atoms with Crippen molar-refractivity contribution in [3.8, 4) is 5.75 Å². The molecule has 0 amide bonds. The van der Waals surface area contributed by atoms with Crippen LogP contribution in [0.25, 0.3) is 0 Å². The van der Waals surface area contributed by atoms with E-state index >= 15 is 0 Å². The summed E-state index contributed by atoms with van der Waals surface area (Å²) in [6.07, 6.45) is -0.742. The normalized spacial score (nSPS) is 14.3. The third kappa shape index (κ3) is 4.60. The second-order valence-electron chi connectivity index (χ2n) is 4.10. The highest BCUT2D eigenvalue weighted by Crippen LogP contribution is 2.24. The molecule has 1 aromatic rings. The molecule has 1 rings (SSSR count). The van der Waals surface area contributed by atoms with Crippen LogP contribution in [0.3, 0.4) is 0 Å².